The largest absolute Gasteiger partial charge is 0.388 e. The first-order chi connectivity index (χ1) is 17.8. The van der Waals surface area contributed by atoms with Gasteiger partial charge >= 0.3 is 0 Å². The molecular formula is C25H36ClN5O6S. The van der Waals surface area contributed by atoms with Crippen LogP contribution in [0.3, 0.4) is 0 Å². The number of nitrogens with one attached hydrogen (secondary N) is 1. The van der Waals surface area contributed by atoms with Gasteiger partial charge in [0.25, 0.3) is 10.1 Å². The van der Waals surface area contributed by atoms with E-state index in [0.29, 0.717) is 46.6 Å². The maximum atomic E-state index is 11.0. The SMILES string of the molecule is C[C@]12CC3CC(Nc4nc(Cl)nc5c4ncn5[C@@H]4O[C@H](CCCCS(=O)(=O)O)C(O)C4O)(C1)C[C@@](C)(C3)C2. The van der Waals surface area contributed by atoms with Crippen LogP contribution in [-0.2, 0) is 14.9 Å². The highest BCUT2D eigenvalue weighted by Crippen LogP contribution is 2.67. The first-order valence-electron chi connectivity index (χ1n) is 13.4. The van der Waals surface area contributed by atoms with Crippen molar-refractivity contribution in [3.8, 4) is 0 Å². The molecule has 0 spiro atoms. The molecule has 4 N–H and O–H groups in total. The van der Waals surface area contributed by atoms with Gasteiger partial charge in [0.2, 0.25) is 5.28 Å². The first-order valence-corrected chi connectivity index (χ1v) is 15.4. The zero-order valence-corrected chi connectivity index (χ0v) is 23.2. The number of anilines is 1. The number of fused-ring (bicyclic) bond motifs is 1. The molecule has 210 valence electrons. The molecule has 4 unspecified atom stereocenters. The summed E-state index contributed by atoms with van der Waals surface area (Å²) in [4.78, 5) is 13.5. The van der Waals surface area contributed by atoms with Crippen LogP contribution < -0.4 is 5.32 Å². The van der Waals surface area contributed by atoms with Crippen molar-refractivity contribution in [1.82, 2.24) is 19.5 Å². The van der Waals surface area contributed by atoms with E-state index in [9.17, 15) is 18.6 Å². The van der Waals surface area contributed by atoms with Crippen LogP contribution >= 0.6 is 11.6 Å². The molecule has 5 aliphatic rings. The zero-order chi connectivity index (χ0) is 27.1. The number of hydrogen-bond donors (Lipinski definition) is 4. The fraction of sp³-hybridized carbons (Fsp3) is 0.800. The summed E-state index contributed by atoms with van der Waals surface area (Å²) in [5.74, 6) is 0.902. The van der Waals surface area contributed by atoms with Crippen molar-refractivity contribution in [1.29, 1.82) is 0 Å². The highest BCUT2D eigenvalue weighted by Gasteiger charge is 2.60. The number of unbranched alkanes of at least 4 members (excludes halogenated alkanes) is 1. The third-order valence-corrected chi connectivity index (χ3v) is 10.1. The van der Waals surface area contributed by atoms with E-state index in [2.05, 4.69) is 34.1 Å². The summed E-state index contributed by atoms with van der Waals surface area (Å²) < 4.78 is 38.4. The number of ether oxygens (including phenoxy) is 1. The minimum atomic E-state index is -4.04. The second-order valence-corrected chi connectivity index (χ2v) is 14.9. The van der Waals surface area contributed by atoms with E-state index in [1.807, 2.05) is 0 Å². The molecule has 38 heavy (non-hydrogen) atoms. The summed E-state index contributed by atoms with van der Waals surface area (Å²) in [6.07, 6.45) is 5.43. The normalized spacial score (nSPS) is 40.3. The third-order valence-electron chi connectivity index (χ3n) is 9.16. The Bertz CT molecular complexity index is 1340. The summed E-state index contributed by atoms with van der Waals surface area (Å²) in [5.41, 5.74) is 1.47. The Morgan fingerprint density at radius 2 is 1.82 bits per heavy atom. The number of halogens is 1. The van der Waals surface area contributed by atoms with Crippen LogP contribution in [0.5, 0.6) is 0 Å². The number of aliphatic hydroxyl groups excluding tert-OH is 2. The molecule has 8 atom stereocenters. The summed E-state index contributed by atoms with van der Waals surface area (Å²) in [5, 5.41) is 25.2. The molecule has 1 saturated heterocycles. The number of aliphatic hydroxyl groups is 2. The maximum Gasteiger partial charge on any atom is 0.264 e. The molecule has 13 heteroatoms. The summed E-state index contributed by atoms with van der Waals surface area (Å²) in [6.45, 7) is 4.82. The average molecular weight is 570 g/mol. The molecule has 2 aromatic heterocycles. The summed E-state index contributed by atoms with van der Waals surface area (Å²) in [6, 6.07) is 0. The van der Waals surface area contributed by atoms with Crippen LogP contribution in [0, 0.1) is 16.7 Å². The predicted molar refractivity (Wildman–Crippen MR) is 140 cm³/mol. The van der Waals surface area contributed by atoms with Crippen molar-refractivity contribution in [3.05, 3.63) is 11.6 Å². The van der Waals surface area contributed by atoms with E-state index in [0.717, 1.165) is 19.3 Å². The molecule has 0 radical (unpaired) electrons. The lowest BCUT2D eigenvalue weighted by atomic mass is 9.43. The van der Waals surface area contributed by atoms with E-state index < -0.39 is 34.7 Å². The van der Waals surface area contributed by atoms with Gasteiger partial charge in [-0.1, -0.05) is 13.8 Å². The van der Waals surface area contributed by atoms with Gasteiger partial charge in [-0.3, -0.25) is 9.12 Å². The third kappa shape index (κ3) is 4.81. The van der Waals surface area contributed by atoms with Crippen molar-refractivity contribution in [2.75, 3.05) is 11.1 Å². The van der Waals surface area contributed by atoms with Crippen molar-refractivity contribution in [3.63, 3.8) is 0 Å². The topological polar surface area (TPSA) is 160 Å². The van der Waals surface area contributed by atoms with Crippen LogP contribution in [0.25, 0.3) is 11.2 Å². The highest BCUT2D eigenvalue weighted by molar-refractivity contribution is 7.85. The van der Waals surface area contributed by atoms with Gasteiger partial charge in [-0.15, -0.1) is 0 Å². The molecule has 0 aromatic carbocycles. The summed E-state index contributed by atoms with van der Waals surface area (Å²) >= 11 is 6.39. The van der Waals surface area contributed by atoms with Gasteiger partial charge in [-0.05, 0) is 86.1 Å². The molecule has 3 heterocycles. The Balaban J connectivity index is 1.24. The molecule has 4 bridgehead atoms. The van der Waals surface area contributed by atoms with Crippen LogP contribution in [0.4, 0.5) is 5.82 Å². The van der Waals surface area contributed by atoms with Gasteiger partial charge in [-0.25, -0.2) is 4.98 Å². The fourth-order valence-corrected chi connectivity index (χ4v) is 9.56. The molecule has 0 amide bonds. The van der Waals surface area contributed by atoms with Crippen LogP contribution in [0.15, 0.2) is 6.33 Å². The smallest absolute Gasteiger partial charge is 0.264 e. The van der Waals surface area contributed by atoms with Crippen LogP contribution in [-0.4, -0.2) is 72.3 Å². The lowest BCUT2D eigenvalue weighted by Gasteiger charge is -2.65. The molecule has 5 fully saturated rings. The molecular weight excluding hydrogens is 534 g/mol. The van der Waals surface area contributed by atoms with E-state index in [4.69, 9.17) is 20.9 Å². The second-order valence-electron chi connectivity index (χ2n) is 13.0. The molecule has 11 nitrogen and oxygen atoms in total. The van der Waals surface area contributed by atoms with Crippen molar-refractivity contribution in [2.45, 2.75) is 102 Å². The average Bonchev–Trinajstić information content (AvgIpc) is 3.29. The Morgan fingerprint density at radius 3 is 2.47 bits per heavy atom. The Hall–Kier alpha value is -1.57. The van der Waals surface area contributed by atoms with E-state index in [-0.39, 0.29) is 23.0 Å². The highest BCUT2D eigenvalue weighted by atomic mass is 35.5. The van der Waals surface area contributed by atoms with Crippen molar-refractivity contribution >= 4 is 38.7 Å². The zero-order valence-electron chi connectivity index (χ0n) is 21.7. The standard InChI is InChI=1S/C25H36ClN5O6S/c1-23-7-14-8-24(2,10-23)12-25(9-14,11-23)30-19-16-20(29-22(26)28-19)31(13-27-16)21-18(33)17(32)15(37-21)5-3-4-6-38(34,35)36/h13-15,17-18,21,32-33H,3-12H2,1-2H3,(H,28,29,30)(H,34,35,36)/t14?,15-,17?,18?,21-,23-,24+,25?/m1/s1. The van der Waals surface area contributed by atoms with Crippen molar-refractivity contribution < 1.29 is 27.9 Å². The number of rotatable bonds is 8. The van der Waals surface area contributed by atoms with Crippen molar-refractivity contribution in [2.24, 2.45) is 16.7 Å². The molecule has 4 aliphatic carbocycles. The maximum absolute atomic E-state index is 11.0. The van der Waals surface area contributed by atoms with E-state index in [1.54, 1.807) is 4.57 Å². The second kappa shape index (κ2) is 8.97. The van der Waals surface area contributed by atoms with Gasteiger partial charge < -0.3 is 20.3 Å². The van der Waals surface area contributed by atoms with E-state index in [1.165, 1.54) is 25.6 Å². The lowest BCUT2D eigenvalue weighted by Crippen LogP contribution is -2.61. The quantitative estimate of drug-likeness (QED) is 0.211. The Kier molecular flexibility index (Phi) is 6.29. The van der Waals surface area contributed by atoms with Gasteiger partial charge in [0.15, 0.2) is 23.2 Å². The van der Waals surface area contributed by atoms with Gasteiger partial charge in [0, 0.05) is 5.54 Å². The molecule has 2 aromatic rings. The van der Waals surface area contributed by atoms with Crippen LogP contribution in [0.2, 0.25) is 5.28 Å². The minimum absolute atomic E-state index is 0.0544. The molecule has 7 rings (SSSR count). The fourth-order valence-electron chi connectivity index (χ4n) is 8.83. The number of nitrogens with zero attached hydrogens (tertiary/aromatic N) is 4. The first kappa shape index (κ1) is 26.6. The number of imidazole rings is 1. The monoisotopic (exact) mass is 569 g/mol. The summed E-state index contributed by atoms with van der Waals surface area (Å²) in [7, 11) is -4.04. The van der Waals surface area contributed by atoms with Gasteiger partial charge in [-0.2, -0.15) is 18.4 Å². The number of aromatic nitrogens is 4. The number of hydrogen-bond acceptors (Lipinski definition) is 9. The Labute approximate surface area is 227 Å². The van der Waals surface area contributed by atoms with Gasteiger partial charge in [0.05, 0.1) is 18.2 Å². The lowest BCUT2D eigenvalue weighted by molar-refractivity contribution is -0.0973. The van der Waals surface area contributed by atoms with E-state index >= 15 is 0 Å². The predicted octanol–water partition coefficient (Wildman–Crippen LogP) is 3.32. The Morgan fingerprint density at radius 1 is 1.11 bits per heavy atom. The minimum Gasteiger partial charge on any atom is -0.388 e. The van der Waals surface area contributed by atoms with Crippen LogP contribution in [0.1, 0.15) is 77.9 Å². The molecule has 4 saturated carbocycles. The van der Waals surface area contributed by atoms with Gasteiger partial charge in [0.1, 0.15) is 12.2 Å². The molecule has 1 aliphatic heterocycles.